The normalized spacial score (nSPS) is 14.5. The molecular weight excluding hydrogens is 380 g/mol. The fraction of sp³-hybridized carbons (Fsp3) is 0.391. The van der Waals surface area contributed by atoms with Crippen molar-refractivity contribution in [1.82, 2.24) is 19.1 Å². The number of aromatic nitrogens is 3. The minimum absolute atomic E-state index is 0.192. The van der Waals surface area contributed by atoms with Crippen molar-refractivity contribution in [3.63, 3.8) is 0 Å². The fourth-order valence-corrected chi connectivity index (χ4v) is 4.02. The predicted molar refractivity (Wildman–Crippen MR) is 116 cm³/mol. The topological polar surface area (TPSA) is 61.0 Å². The second-order valence-electron chi connectivity index (χ2n) is 7.86. The largest absolute Gasteiger partial charge is 0.459 e. The van der Waals surface area contributed by atoms with Gasteiger partial charge in [0, 0.05) is 38.1 Å². The lowest BCUT2D eigenvalue weighted by molar-refractivity contribution is 0.0377. The molecule has 30 heavy (non-hydrogen) atoms. The van der Waals surface area contributed by atoms with Gasteiger partial charge in [-0.2, -0.15) is 5.10 Å². The fourth-order valence-electron chi connectivity index (χ4n) is 4.02. The molecule has 7 heteroatoms. The van der Waals surface area contributed by atoms with Gasteiger partial charge in [-0.05, 0) is 44.5 Å². The Bertz CT molecular complexity index is 1100. The van der Waals surface area contributed by atoms with Crippen LogP contribution < -0.4 is 0 Å². The molecule has 7 nitrogen and oxygen atoms in total. The molecule has 3 aromatic heterocycles. The van der Waals surface area contributed by atoms with Crippen molar-refractivity contribution in [3.8, 4) is 11.3 Å². The summed E-state index contributed by atoms with van der Waals surface area (Å²) < 4.78 is 15.0. The molecule has 0 N–H and O–H groups in total. The lowest BCUT2D eigenvalue weighted by Gasteiger charge is -2.32. The van der Waals surface area contributed by atoms with Gasteiger partial charge in [0.2, 0.25) is 0 Å². The first-order chi connectivity index (χ1) is 14.4. The molecule has 0 aliphatic carbocycles. The van der Waals surface area contributed by atoms with E-state index in [-0.39, 0.29) is 12.1 Å². The van der Waals surface area contributed by atoms with Gasteiger partial charge in [0.1, 0.15) is 0 Å². The van der Waals surface area contributed by atoms with E-state index in [1.165, 1.54) is 0 Å². The minimum Gasteiger partial charge on any atom is -0.459 e. The maximum absolute atomic E-state index is 12.9. The lowest BCUT2D eigenvalue weighted by Crippen LogP contribution is -2.35. The van der Waals surface area contributed by atoms with Crippen molar-refractivity contribution in [2.45, 2.75) is 26.9 Å². The van der Waals surface area contributed by atoms with Crippen LogP contribution in [0.1, 0.15) is 35.5 Å². The van der Waals surface area contributed by atoms with E-state index in [2.05, 4.69) is 27.0 Å². The number of aryl methyl sites for hydroxylation is 1. The molecule has 0 saturated carbocycles. The Hall–Kier alpha value is -3.06. The molecule has 4 heterocycles. The molecule has 3 aromatic rings. The molecule has 1 saturated heterocycles. The molecule has 0 aromatic carbocycles. The third-order valence-electron chi connectivity index (χ3n) is 5.53. The number of carbonyl (C=O) groups excluding carboxylic acids is 1. The van der Waals surface area contributed by atoms with E-state index < -0.39 is 0 Å². The third-order valence-corrected chi connectivity index (χ3v) is 5.53. The Kier molecular flexibility index (Phi) is 5.39. The summed E-state index contributed by atoms with van der Waals surface area (Å²) in [7, 11) is 1.91. The van der Waals surface area contributed by atoms with Crippen LogP contribution in [0.2, 0.25) is 0 Å². The van der Waals surface area contributed by atoms with E-state index in [0.29, 0.717) is 18.8 Å². The smallest absolute Gasteiger partial charge is 0.338 e. The molecule has 0 bridgehead atoms. The molecule has 0 atom stereocenters. The second-order valence-corrected chi connectivity index (χ2v) is 7.86. The first-order valence-corrected chi connectivity index (χ1v) is 10.2. The maximum atomic E-state index is 12.9. The molecule has 1 aliphatic heterocycles. The van der Waals surface area contributed by atoms with E-state index >= 15 is 0 Å². The number of nitrogens with zero attached hydrogens (tertiary/aromatic N) is 4. The van der Waals surface area contributed by atoms with Gasteiger partial charge in [0.15, 0.2) is 0 Å². The van der Waals surface area contributed by atoms with Crippen LogP contribution in [-0.4, -0.2) is 57.5 Å². The Morgan fingerprint density at radius 1 is 1.27 bits per heavy atom. The molecule has 1 aliphatic rings. The van der Waals surface area contributed by atoms with E-state index in [4.69, 9.17) is 9.47 Å². The molecule has 158 valence electrons. The van der Waals surface area contributed by atoms with Crippen molar-refractivity contribution in [1.29, 1.82) is 0 Å². The van der Waals surface area contributed by atoms with Gasteiger partial charge < -0.3 is 18.8 Å². The van der Waals surface area contributed by atoms with Gasteiger partial charge in [-0.15, -0.1) is 0 Å². The Labute approximate surface area is 176 Å². The highest BCUT2D eigenvalue weighted by atomic mass is 16.5. The summed E-state index contributed by atoms with van der Waals surface area (Å²) in [6.07, 6.45) is 3.61. The highest BCUT2D eigenvalue weighted by Crippen LogP contribution is 2.33. The Morgan fingerprint density at radius 2 is 2.00 bits per heavy atom. The number of esters is 1. The number of rotatable bonds is 5. The summed E-state index contributed by atoms with van der Waals surface area (Å²) in [5.41, 5.74) is 6.12. The maximum Gasteiger partial charge on any atom is 0.338 e. The molecular formula is C23H28N4O3. The van der Waals surface area contributed by atoms with Gasteiger partial charge in [-0.3, -0.25) is 4.68 Å². The van der Waals surface area contributed by atoms with Crippen LogP contribution in [0.15, 0.2) is 37.2 Å². The number of pyridine rings is 1. The van der Waals surface area contributed by atoms with Gasteiger partial charge >= 0.3 is 5.97 Å². The summed E-state index contributed by atoms with van der Waals surface area (Å²) in [6.45, 7) is 13.0. The minimum atomic E-state index is -0.321. The number of hydrogen-bond donors (Lipinski definition) is 0. The first-order valence-electron chi connectivity index (χ1n) is 10.2. The SMILES string of the molecule is C=C(c1c(C)c(C(=O)OC(C)C)cc2c(-c3ccnn3C)ccn12)N1CCOCC1. The van der Waals surface area contributed by atoms with Gasteiger partial charge in [0.05, 0.1) is 47.5 Å². The van der Waals surface area contributed by atoms with E-state index in [9.17, 15) is 4.79 Å². The average Bonchev–Trinajstić information content (AvgIpc) is 3.32. The number of hydrogen-bond acceptors (Lipinski definition) is 5. The Morgan fingerprint density at radius 3 is 2.63 bits per heavy atom. The third kappa shape index (κ3) is 3.50. The number of fused-ring (bicyclic) bond motifs is 1. The lowest BCUT2D eigenvalue weighted by atomic mass is 10.0. The Balaban J connectivity index is 1.93. The zero-order valence-electron chi connectivity index (χ0n) is 18.0. The number of morpholine rings is 1. The van der Waals surface area contributed by atoms with Crippen molar-refractivity contribution in [2.75, 3.05) is 26.3 Å². The van der Waals surface area contributed by atoms with Crippen molar-refractivity contribution < 1.29 is 14.3 Å². The van der Waals surface area contributed by atoms with Crippen LogP contribution in [0.5, 0.6) is 0 Å². The average molecular weight is 409 g/mol. The van der Waals surface area contributed by atoms with Crippen molar-refractivity contribution in [2.24, 2.45) is 7.05 Å². The molecule has 0 radical (unpaired) electrons. The highest BCUT2D eigenvalue weighted by molar-refractivity contribution is 5.96. The van der Waals surface area contributed by atoms with Crippen LogP contribution in [0.25, 0.3) is 22.5 Å². The van der Waals surface area contributed by atoms with Crippen molar-refractivity contribution >= 4 is 17.2 Å². The zero-order chi connectivity index (χ0) is 21.4. The number of carbonyl (C=O) groups is 1. The quantitative estimate of drug-likeness (QED) is 0.605. The van der Waals surface area contributed by atoms with Crippen LogP contribution in [-0.2, 0) is 16.5 Å². The van der Waals surface area contributed by atoms with E-state index in [1.807, 2.05) is 50.8 Å². The first kappa shape index (κ1) is 20.2. The molecule has 0 spiro atoms. The van der Waals surface area contributed by atoms with Crippen LogP contribution >= 0.6 is 0 Å². The van der Waals surface area contributed by atoms with Crippen LogP contribution in [0.4, 0.5) is 0 Å². The number of ether oxygens (including phenoxy) is 2. The van der Waals surface area contributed by atoms with E-state index in [0.717, 1.165) is 46.8 Å². The summed E-state index contributed by atoms with van der Waals surface area (Å²) >= 11 is 0. The molecule has 4 rings (SSSR count). The van der Waals surface area contributed by atoms with Crippen LogP contribution in [0.3, 0.4) is 0 Å². The zero-order valence-corrected chi connectivity index (χ0v) is 18.0. The molecule has 1 fully saturated rings. The summed E-state index contributed by atoms with van der Waals surface area (Å²) in [4.78, 5) is 15.2. The molecule has 0 unspecified atom stereocenters. The van der Waals surface area contributed by atoms with Gasteiger partial charge in [-0.25, -0.2) is 4.79 Å². The standard InChI is InChI=1S/C23H28N4O3/c1-15(2)30-23(28)19-14-21-18(20-6-8-24-25(20)5)7-9-27(21)22(16(19)3)17(4)26-10-12-29-13-11-26/h6-9,14-15H,4,10-13H2,1-3,5H3. The van der Waals surface area contributed by atoms with E-state index in [1.54, 1.807) is 6.20 Å². The molecule has 0 amide bonds. The van der Waals surface area contributed by atoms with Crippen molar-refractivity contribution in [3.05, 3.63) is 54.0 Å². The summed E-state index contributed by atoms with van der Waals surface area (Å²) in [5.74, 6) is -0.321. The second kappa shape index (κ2) is 7.99. The monoisotopic (exact) mass is 408 g/mol. The van der Waals surface area contributed by atoms with Gasteiger partial charge in [0.25, 0.3) is 0 Å². The van der Waals surface area contributed by atoms with Gasteiger partial charge in [-0.1, -0.05) is 6.58 Å². The predicted octanol–water partition coefficient (Wildman–Crippen LogP) is 3.52. The highest BCUT2D eigenvalue weighted by Gasteiger charge is 2.24. The summed E-state index contributed by atoms with van der Waals surface area (Å²) in [6, 6.07) is 5.94. The van der Waals surface area contributed by atoms with Crippen LogP contribution in [0, 0.1) is 6.92 Å². The summed E-state index contributed by atoms with van der Waals surface area (Å²) in [5, 5.41) is 4.30.